The van der Waals surface area contributed by atoms with Gasteiger partial charge in [0.1, 0.15) is 5.75 Å². The van der Waals surface area contributed by atoms with Crippen LogP contribution in [0.25, 0.3) is 10.9 Å². The number of Topliss-reactive ketones (excluding diaryl/α,β-unsaturated/α-hetero) is 1. The van der Waals surface area contributed by atoms with E-state index in [0.29, 0.717) is 5.75 Å². The van der Waals surface area contributed by atoms with Crippen molar-refractivity contribution in [1.29, 1.82) is 0 Å². The number of carbonyl (C=O) groups is 2. The number of esters is 1. The molecule has 0 spiro atoms. The first kappa shape index (κ1) is 20.6. The number of para-hydroxylation sites is 1. The molecule has 0 aliphatic heterocycles. The number of aromatic nitrogens is 1. The molecule has 5 nitrogen and oxygen atoms in total. The Hall–Kier alpha value is -3.13. The number of halogens is 4. The number of fused-ring (bicyclic) bond motifs is 1. The van der Waals surface area contributed by atoms with Crippen molar-refractivity contribution in [3.63, 3.8) is 0 Å². The number of hydrogen-bond donors (Lipinski definition) is 0. The highest BCUT2D eigenvalue weighted by Crippen LogP contribution is 2.37. The molecule has 0 saturated carbocycles. The molecule has 0 unspecified atom stereocenters. The lowest BCUT2D eigenvalue weighted by molar-refractivity contribution is -0.136. The Morgan fingerprint density at radius 3 is 2.52 bits per heavy atom. The van der Waals surface area contributed by atoms with Crippen LogP contribution in [0.2, 0.25) is 5.02 Å². The molecule has 0 fully saturated rings. The van der Waals surface area contributed by atoms with Crippen LogP contribution >= 0.6 is 11.6 Å². The van der Waals surface area contributed by atoms with Gasteiger partial charge in [0.15, 0.2) is 12.4 Å². The van der Waals surface area contributed by atoms with E-state index in [1.807, 2.05) is 0 Å². The van der Waals surface area contributed by atoms with Gasteiger partial charge < -0.3 is 9.47 Å². The fourth-order valence-electron chi connectivity index (χ4n) is 2.73. The van der Waals surface area contributed by atoms with Gasteiger partial charge in [0, 0.05) is 17.1 Å². The van der Waals surface area contributed by atoms with Crippen LogP contribution in [0.4, 0.5) is 13.2 Å². The summed E-state index contributed by atoms with van der Waals surface area (Å²) in [5, 5.41) is -0.0644. The number of pyridine rings is 1. The number of hydrogen-bond acceptors (Lipinski definition) is 5. The molecule has 0 bridgehead atoms. The summed E-state index contributed by atoms with van der Waals surface area (Å²) in [7, 11) is 1.40. The van der Waals surface area contributed by atoms with Gasteiger partial charge in [-0.1, -0.05) is 29.8 Å². The maximum atomic E-state index is 13.6. The molecule has 0 saturated heterocycles. The van der Waals surface area contributed by atoms with Gasteiger partial charge in [0.05, 0.1) is 28.8 Å². The first-order valence-corrected chi connectivity index (χ1v) is 8.59. The van der Waals surface area contributed by atoms with E-state index in [2.05, 4.69) is 4.98 Å². The molecule has 29 heavy (non-hydrogen) atoms. The third-order valence-corrected chi connectivity index (χ3v) is 4.38. The molecule has 0 aliphatic rings. The Morgan fingerprint density at radius 1 is 1.14 bits per heavy atom. The van der Waals surface area contributed by atoms with E-state index < -0.39 is 35.7 Å². The second kappa shape index (κ2) is 8.08. The number of ether oxygens (including phenoxy) is 2. The first-order chi connectivity index (χ1) is 13.7. The van der Waals surface area contributed by atoms with Crippen molar-refractivity contribution in [2.24, 2.45) is 0 Å². The topological polar surface area (TPSA) is 65.5 Å². The number of alkyl halides is 3. The molecule has 1 aromatic heterocycles. The summed E-state index contributed by atoms with van der Waals surface area (Å²) in [4.78, 5) is 28.4. The molecule has 1 heterocycles. The normalized spacial score (nSPS) is 11.3. The molecule has 2 aromatic carbocycles. The highest BCUT2D eigenvalue weighted by atomic mass is 35.5. The summed E-state index contributed by atoms with van der Waals surface area (Å²) in [6.07, 6.45) is -4.02. The second-order valence-corrected chi connectivity index (χ2v) is 6.32. The minimum Gasteiger partial charge on any atom is -0.495 e. The standard InChI is InChI=1S/C20H13ClF3NO4/c1-28-17-7-6-11(8-14(17)21)16(26)10-29-19(27)13-9-25-15-5-3-2-4-12(15)18(13)20(22,23)24/h2-9H,10H2,1H3. The third-order valence-electron chi connectivity index (χ3n) is 4.09. The summed E-state index contributed by atoms with van der Waals surface area (Å²) in [5.74, 6) is -1.59. The Bertz CT molecular complexity index is 1100. The number of methoxy groups -OCH3 is 1. The number of nitrogens with zero attached hydrogens (tertiary/aromatic N) is 1. The zero-order valence-corrected chi connectivity index (χ0v) is 15.7. The second-order valence-electron chi connectivity index (χ2n) is 5.91. The van der Waals surface area contributed by atoms with Crippen molar-refractivity contribution in [3.05, 3.63) is 70.4 Å². The van der Waals surface area contributed by atoms with Gasteiger partial charge in [0.25, 0.3) is 0 Å². The van der Waals surface area contributed by atoms with Crippen LogP contribution in [0.15, 0.2) is 48.7 Å². The van der Waals surface area contributed by atoms with Gasteiger partial charge in [-0.2, -0.15) is 13.2 Å². The summed E-state index contributed by atoms with van der Waals surface area (Å²) in [6.45, 7) is -0.758. The average Bonchev–Trinajstić information content (AvgIpc) is 2.70. The fraction of sp³-hybridized carbons (Fsp3) is 0.150. The highest BCUT2D eigenvalue weighted by molar-refractivity contribution is 6.32. The van der Waals surface area contributed by atoms with Crippen LogP contribution in [-0.4, -0.2) is 30.5 Å². The van der Waals surface area contributed by atoms with Crippen molar-refractivity contribution >= 4 is 34.3 Å². The van der Waals surface area contributed by atoms with E-state index in [0.717, 1.165) is 6.20 Å². The highest BCUT2D eigenvalue weighted by Gasteiger charge is 2.38. The average molecular weight is 424 g/mol. The van der Waals surface area contributed by atoms with E-state index in [4.69, 9.17) is 21.1 Å². The van der Waals surface area contributed by atoms with Crippen molar-refractivity contribution in [2.75, 3.05) is 13.7 Å². The molecule has 9 heteroatoms. The van der Waals surface area contributed by atoms with Crippen molar-refractivity contribution in [2.45, 2.75) is 6.18 Å². The monoisotopic (exact) mass is 423 g/mol. The van der Waals surface area contributed by atoms with Gasteiger partial charge in [0.2, 0.25) is 0 Å². The smallest absolute Gasteiger partial charge is 0.417 e. The van der Waals surface area contributed by atoms with Gasteiger partial charge in [-0.3, -0.25) is 9.78 Å². The predicted molar refractivity (Wildman–Crippen MR) is 99.4 cm³/mol. The minimum absolute atomic E-state index is 0.0836. The number of ketones is 1. The summed E-state index contributed by atoms with van der Waals surface area (Å²) in [6, 6.07) is 9.72. The summed E-state index contributed by atoms with van der Waals surface area (Å²) in [5.41, 5.74) is -1.72. The lowest BCUT2D eigenvalue weighted by Crippen LogP contribution is -2.19. The molecule has 0 N–H and O–H groups in total. The summed E-state index contributed by atoms with van der Waals surface area (Å²) < 4.78 is 50.6. The van der Waals surface area contributed by atoms with Crippen molar-refractivity contribution < 1.29 is 32.2 Å². The van der Waals surface area contributed by atoms with E-state index in [1.165, 1.54) is 49.6 Å². The van der Waals surface area contributed by atoms with Crippen molar-refractivity contribution in [1.82, 2.24) is 4.98 Å². The Morgan fingerprint density at radius 2 is 1.86 bits per heavy atom. The van der Waals surface area contributed by atoms with Crippen LogP contribution in [0.5, 0.6) is 5.75 Å². The molecule has 3 rings (SSSR count). The zero-order valence-electron chi connectivity index (χ0n) is 14.9. The maximum absolute atomic E-state index is 13.6. The van der Waals surface area contributed by atoms with E-state index in [1.54, 1.807) is 0 Å². The molecule has 3 aromatic rings. The number of rotatable bonds is 5. The predicted octanol–water partition coefficient (Wildman–Crippen LogP) is 4.96. The zero-order chi connectivity index (χ0) is 21.2. The molecular formula is C20H13ClF3NO4. The first-order valence-electron chi connectivity index (χ1n) is 8.21. The van der Waals surface area contributed by atoms with Crippen LogP contribution in [0.1, 0.15) is 26.3 Å². The van der Waals surface area contributed by atoms with Crippen LogP contribution in [0, 0.1) is 0 Å². The van der Waals surface area contributed by atoms with Gasteiger partial charge in [-0.05, 0) is 24.3 Å². The van der Waals surface area contributed by atoms with Crippen LogP contribution in [0.3, 0.4) is 0 Å². The fourth-order valence-corrected chi connectivity index (χ4v) is 2.99. The van der Waals surface area contributed by atoms with Gasteiger partial charge >= 0.3 is 12.1 Å². The molecule has 150 valence electrons. The molecule has 0 aliphatic carbocycles. The van der Waals surface area contributed by atoms with E-state index in [9.17, 15) is 22.8 Å². The SMILES string of the molecule is COc1ccc(C(=O)COC(=O)c2cnc3ccccc3c2C(F)(F)F)cc1Cl. The molecule has 0 atom stereocenters. The number of carbonyl (C=O) groups excluding carboxylic acids is 2. The lowest BCUT2D eigenvalue weighted by Gasteiger charge is -2.14. The van der Waals surface area contributed by atoms with Crippen LogP contribution < -0.4 is 4.74 Å². The van der Waals surface area contributed by atoms with Crippen molar-refractivity contribution in [3.8, 4) is 5.75 Å². The maximum Gasteiger partial charge on any atom is 0.417 e. The minimum atomic E-state index is -4.82. The Balaban J connectivity index is 1.85. The van der Waals surface area contributed by atoms with Gasteiger partial charge in [-0.15, -0.1) is 0 Å². The van der Waals surface area contributed by atoms with Crippen LogP contribution in [-0.2, 0) is 10.9 Å². The largest absolute Gasteiger partial charge is 0.495 e. The Labute approximate surface area is 168 Å². The van der Waals surface area contributed by atoms with E-state index in [-0.39, 0.29) is 21.5 Å². The Kier molecular flexibility index (Phi) is 5.74. The molecular weight excluding hydrogens is 411 g/mol. The summed E-state index contributed by atoms with van der Waals surface area (Å²) >= 11 is 5.94. The molecule has 0 amide bonds. The van der Waals surface area contributed by atoms with Gasteiger partial charge in [-0.25, -0.2) is 4.79 Å². The lowest BCUT2D eigenvalue weighted by atomic mass is 10.0. The third kappa shape index (κ3) is 4.32. The number of benzene rings is 2. The van der Waals surface area contributed by atoms with E-state index >= 15 is 0 Å². The molecule has 0 radical (unpaired) electrons. The quantitative estimate of drug-likeness (QED) is 0.429.